The Balaban J connectivity index is 1.63. The highest BCUT2D eigenvalue weighted by molar-refractivity contribution is 7.89. The third kappa shape index (κ3) is 4.39. The smallest absolute Gasteiger partial charge is 0.243 e. The van der Waals surface area contributed by atoms with E-state index in [1.165, 1.54) is 4.31 Å². The molecule has 1 heterocycles. The highest BCUT2D eigenvalue weighted by Crippen LogP contribution is 2.26. The first-order valence-electron chi connectivity index (χ1n) is 9.22. The van der Waals surface area contributed by atoms with Gasteiger partial charge in [0, 0.05) is 24.7 Å². The van der Waals surface area contributed by atoms with E-state index in [1.54, 1.807) is 18.2 Å². The first kappa shape index (κ1) is 19.6. The molecule has 144 valence electrons. The summed E-state index contributed by atoms with van der Waals surface area (Å²) >= 11 is 0. The number of benzene rings is 2. The zero-order valence-corrected chi connectivity index (χ0v) is 16.8. The highest BCUT2D eigenvalue weighted by Gasteiger charge is 2.32. The van der Waals surface area contributed by atoms with Crippen molar-refractivity contribution in [2.75, 3.05) is 18.4 Å². The van der Waals surface area contributed by atoms with Crippen LogP contribution in [0.3, 0.4) is 0 Å². The molecule has 0 bridgehead atoms. The van der Waals surface area contributed by atoms with Crippen LogP contribution in [0.4, 0.5) is 5.69 Å². The van der Waals surface area contributed by atoms with E-state index in [1.807, 2.05) is 45.0 Å². The molecule has 2 aromatic rings. The molecule has 1 fully saturated rings. The van der Waals surface area contributed by atoms with Crippen LogP contribution in [0.15, 0.2) is 47.4 Å². The normalized spacial score (nSPS) is 16.3. The largest absolute Gasteiger partial charge is 0.326 e. The first-order chi connectivity index (χ1) is 12.8. The van der Waals surface area contributed by atoms with Crippen molar-refractivity contribution in [3.63, 3.8) is 0 Å². The lowest BCUT2D eigenvalue weighted by Crippen LogP contribution is -2.41. The molecule has 0 unspecified atom stereocenters. The second-order valence-electron chi connectivity index (χ2n) is 7.30. The summed E-state index contributed by atoms with van der Waals surface area (Å²) in [5.41, 5.74) is 3.92. The van der Waals surface area contributed by atoms with E-state index in [4.69, 9.17) is 0 Å². The standard InChI is InChI=1S/C21H26N2O3S/c1-15-5-4-6-19(14-15)27(25,26)23-11-9-18(10-12-23)21(24)22-20-8-7-16(2)13-17(20)3/h4-8,13-14,18H,9-12H2,1-3H3,(H,22,24). The Labute approximate surface area is 161 Å². The van der Waals surface area contributed by atoms with Gasteiger partial charge in [-0.15, -0.1) is 0 Å². The molecule has 0 spiro atoms. The molecule has 0 aliphatic carbocycles. The quantitative estimate of drug-likeness (QED) is 0.872. The fourth-order valence-electron chi connectivity index (χ4n) is 3.47. The number of hydrogen-bond acceptors (Lipinski definition) is 3. The SMILES string of the molecule is Cc1cccc(S(=O)(=O)N2CCC(C(=O)Nc3ccc(C)cc3C)CC2)c1. The van der Waals surface area contributed by atoms with Gasteiger partial charge in [-0.2, -0.15) is 4.31 Å². The molecule has 1 amide bonds. The fourth-order valence-corrected chi connectivity index (χ4v) is 5.05. The minimum absolute atomic E-state index is 0.0328. The van der Waals surface area contributed by atoms with Crippen molar-refractivity contribution in [3.05, 3.63) is 59.2 Å². The molecule has 0 radical (unpaired) electrons. The molecule has 27 heavy (non-hydrogen) atoms. The van der Waals surface area contributed by atoms with E-state index in [0.717, 1.165) is 22.4 Å². The maximum atomic E-state index is 12.8. The maximum absolute atomic E-state index is 12.8. The van der Waals surface area contributed by atoms with Crippen molar-refractivity contribution < 1.29 is 13.2 Å². The number of hydrogen-bond donors (Lipinski definition) is 1. The topological polar surface area (TPSA) is 66.5 Å². The lowest BCUT2D eigenvalue weighted by Gasteiger charge is -2.30. The molecule has 0 saturated carbocycles. The van der Waals surface area contributed by atoms with Gasteiger partial charge < -0.3 is 5.32 Å². The minimum Gasteiger partial charge on any atom is -0.326 e. The predicted octanol–water partition coefficient (Wildman–Crippen LogP) is 3.65. The summed E-state index contributed by atoms with van der Waals surface area (Å²) in [6.07, 6.45) is 1.06. The first-order valence-corrected chi connectivity index (χ1v) is 10.7. The van der Waals surface area contributed by atoms with Crippen LogP contribution in [-0.2, 0) is 14.8 Å². The van der Waals surface area contributed by atoms with Crippen molar-refractivity contribution in [3.8, 4) is 0 Å². The van der Waals surface area contributed by atoms with Gasteiger partial charge in [-0.3, -0.25) is 4.79 Å². The number of amides is 1. The molecule has 1 aliphatic heterocycles. The van der Waals surface area contributed by atoms with Crippen molar-refractivity contribution >= 4 is 21.6 Å². The van der Waals surface area contributed by atoms with Crippen molar-refractivity contribution in [1.29, 1.82) is 0 Å². The van der Waals surface area contributed by atoms with Crippen molar-refractivity contribution in [1.82, 2.24) is 4.31 Å². The molecular weight excluding hydrogens is 360 g/mol. The van der Waals surface area contributed by atoms with Crippen LogP contribution >= 0.6 is 0 Å². The van der Waals surface area contributed by atoms with Gasteiger partial charge in [-0.25, -0.2) is 8.42 Å². The predicted molar refractivity (Wildman–Crippen MR) is 107 cm³/mol. The average Bonchev–Trinajstić information content (AvgIpc) is 2.64. The van der Waals surface area contributed by atoms with Gasteiger partial charge in [0.1, 0.15) is 0 Å². The summed E-state index contributed by atoms with van der Waals surface area (Å²) in [6.45, 7) is 6.59. The Hall–Kier alpha value is -2.18. The van der Waals surface area contributed by atoms with Crippen LogP contribution in [0.1, 0.15) is 29.5 Å². The Morgan fingerprint density at radius 3 is 2.30 bits per heavy atom. The Bertz CT molecular complexity index is 946. The van der Waals surface area contributed by atoms with Crippen LogP contribution in [0, 0.1) is 26.7 Å². The number of rotatable bonds is 4. The van der Waals surface area contributed by atoms with Gasteiger partial charge in [-0.05, 0) is 62.9 Å². The summed E-state index contributed by atoms with van der Waals surface area (Å²) in [6, 6.07) is 12.9. The molecule has 2 aromatic carbocycles. The van der Waals surface area contributed by atoms with Crippen LogP contribution in [-0.4, -0.2) is 31.7 Å². The lowest BCUT2D eigenvalue weighted by molar-refractivity contribution is -0.120. The molecular formula is C21H26N2O3S. The Morgan fingerprint density at radius 1 is 1.00 bits per heavy atom. The van der Waals surface area contributed by atoms with E-state index < -0.39 is 10.0 Å². The number of carbonyl (C=O) groups is 1. The molecule has 6 heteroatoms. The van der Waals surface area contributed by atoms with Crippen molar-refractivity contribution in [2.45, 2.75) is 38.5 Å². The fraction of sp³-hybridized carbons (Fsp3) is 0.381. The van der Waals surface area contributed by atoms with Crippen LogP contribution < -0.4 is 5.32 Å². The van der Waals surface area contributed by atoms with Gasteiger partial charge in [0.2, 0.25) is 15.9 Å². The number of sulfonamides is 1. The number of aryl methyl sites for hydroxylation is 3. The zero-order chi connectivity index (χ0) is 19.6. The van der Waals surface area contributed by atoms with E-state index in [9.17, 15) is 13.2 Å². The molecule has 1 saturated heterocycles. The van der Waals surface area contributed by atoms with E-state index >= 15 is 0 Å². The Morgan fingerprint density at radius 2 is 1.67 bits per heavy atom. The second kappa shape index (κ2) is 7.82. The van der Waals surface area contributed by atoms with Crippen LogP contribution in [0.5, 0.6) is 0 Å². The summed E-state index contributed by atoms with van der Waals surface area (Å²) in [5, 5.41) is 2.99. The number of nitrogens with zero attached hydrogens (tertiary/aromatic N) is 1. The number of anilines is 1. The van der Waals surface area contributed by atoms with Gasteiger partial charge in [0.15, 0.2) is 0 Å². The third-order valence-corrected chi connectivity index (χ3v) is 6.99. The van der Waals surface area contributed by atoms with E-state index in [2.05, 4.69) is 5.32 Å². The number of piperidine rings is 1. The summed E-state index contributed by atoms with van der Waals surface area (Å²) < 4.78 is 27.1. The monoisotopic (exact) mass is 386 g/mol. The Kier molecular flexibility index (Phi) is 5.67. The number of nitrogens with one attached hydrogen (secondary N) is 1. The average molecular weight is 387 g/mol. The molecule has 1 aliphatic rings. The molecule has 0 atom stereocenters. The zero-order valence-electron chi connectivity index (χ0n) is 16.0. The highest BCUT2D eigenvalue weighted by atomic mass is 32.2. The van der Waals surface area contributed by atoms with Gasteiger partial charge in [0.25, 0.3) is 0 Å². The molecule has 0 aromatic heterocycles. The summed E-state index contributed by atoms with van der Waals surface area (Å²) in [5.74, 6) is -0.204. The van der Waals surface area contributed by atoms with Crippen molar-refractivity contribution in [2.24, 2.45) is 5.92 Å². The molecule has 5 nitrogen and oxygen atoms in total. The maximum Gasteiger partial charge on any atom is 0.243 e. The minimum atomic E-state index is -3.50. The summed E-state index contributed by atoms with van der Waals surface area (Å²) in [7, 11) is -3.50. The van der Waals surface area contributed by atoms with Gasteiger partial charge >= 0.3 is 0 Å². The summed E-state index contributed by atoms with van der Waals surface area (Å²) in [4.78, 5) is 12.9. The van der Waals surface area contributed by atoms with E-state index in [-0.39, 0.29) is 11.8 Å². The number of carbonyl (C=O) groups excluding carboxylic acids is 1. The van der Waals surface area contributed by atoms with Gasteiger partial charge in [0.05, 0.1) is 4.90 Å². The van der Waals surface area contributed by atoms with Gasteiger partial charge in [-0.1, -0.05) is 29.8 Å². The van der Waals surface area contributed by atoms with Crippen LogP contribution in [0.2, 0.25) is 0 Å². The van der Waals surface area contributed by atoms with Crippen LogP contribution in [0.25, 0.3) is 0 Å². The molecule has 3 rings (SSSR count). The van der Waals surface area contributed by atoms with E-state index in [0.29, 0.717) is 30.8 Å². The molecule has 1 N–H and O–H groups in total. The lowest BCUT2D eigenvalue weighted by atomic mass is 9.97. The third-order valence-electron chi connectivity index (χ3n) is 5.09. The second-order valence-corrected chi connectivity index (χ2v) is 9.24.